The lowest BCUT2D eigenvalue weighted by molar-refractivity contribution is -0.274. The maximum Gasteiger partial charge on any atom is 0.573 e. The van der Waals surface area contributed by atoms with Crippen LogP contribution in [0, 0.1) is 6.92 Å². The summed E-state index contributed by atoms with van der Waals surface area (Å²) in [6, 6.07) is 10.7. The van der Waals surface area contributed by atoms with E-state index in [1.165, 1.54) is 18.2 Å². The predicted molar refractivity (Wildman–Crippen MR) is 109 cm³/mol. The number of alkyl halides is 3. The minimum absolute atomic E-state index is 0.0130. The summed E-state index contributed by atoms with van der Waals surface area (Å²) >= 11 is 0. The Morgan fingerprint density at radius 1 is 1.19 bits per heavy atom. The van der Waals surface area contributed by atoms with Gasteiger partial charge < -0.3 is 15.4 Å². The normalized spacial score (nSPS) is 11.5. The standard InChI is InChI=1S/C21H22F3N5O2/c1-13(2)26-20(30)12-17-11-19(28-29(17)16-7-8-25-14(3)9-16)27-15-5-4-6-18(10-15)31-21(22,23)24/h4-11,13H,12H2,1-3H3,(H,26,30)(H,27,28). The van der Waals surface area contributed by atoms with Crippen LogP contribution in [0.25, 0.3) is 5.69 Å². The molecular weight excluding hydrogens is 411 g/mol. The number of benzene rings is 1. The molecule has 164 valence electrons. The van der Waals surface area contributed by atoms with Crippen LogP contribution in [0.2, 0.25) is 0 Å². The first-order valence-corrected chi connectivity index (χ1v) is 9.53. The maximum absolute atomic E-state index is 12.5. The average molecular weight is 433 g/mol. The highest BCUT2D eigenvalue weighted by Crippen LogP contribution is 2.27. The summed E-state index contributed by atoms with van der Waals surface area (Å²) in [7, 11) is 0. The number of anilines is 2. The number of amides is 1. The molecule has 0 fully saturated rings. The number of rotatable bonds is 7. The van der Waals surface area contributed by atoms with Gasteiger partial charge in [0.25, 0.3) is 0 Å². The molecule has 7 nitrogen and oxygen atoms in total. The average Bonchev–Trinajstić information content (AvgIpc) is 3.02. The van der Waals surface area contributed by atoms with E-state index < -0.39 is 6.36 Å². The lowest BCUT2D eigenvalue weighted by Gasteiger charge is -2.10. The van der Waals surface area contributed by atoms with Gasteiger partial charge in [-0.15, -0.1) is 18.3 Å². The van der Waals surface area contributed by atoms with Crippen LogP contribution < -0.4 is 15.4 Å². The Morgan fingerprint density at radius 2 is 1.97 bits per heavy atom. The zero-order chi connectivity index (χ0) is 22.6. The van der Waals surface area contributed by atoms with Crippen molar-refractivity contribution in [3.63, 3.8) is 0 Å². The highest BCUT2D eigenvalue weighted by atomic mass is 19.4. The first kappa shape index (κ1) is 22.1. The highest BCUT2D eigenvalue weighted by Gasteiger charge is 2.31. The molecule has 0 saturated carbocycles. The van der Waals surface area contributed by atoms with Gasteiger partial charge in [-0.2, -0.15) is 0 Å². The van der Waals surface area contributed by atoms with Gasteiger partial charge in [0, 0.05) is 35.8 Å². The number of carbonyl (C=O) groups excluding carboxylic acids is 1. The Balaban J connectivity index is 1.90. The minimum atomic E-state index is -4.78. The van der Waals surface area contributed by atoms with E-state index in [0.29, 0.717) is 22.9 Å². The Morgan fingerprint density at radius 3 is 2.65 bits per heavy atom. The Kier molecular flexibility index (Phi) is 6.47. The summed E-state index contributed by atoms with van der Waals surface area (Å²) in [5.74, 6) is -0.154. The second kappa shape index (κ2) is 9.07. The molecule has 1 amide bonds. The van der Waals surface area contributed by atoms with Gasteiger partial charge in [0.2, 0.25) is 5.91 Å². The van der Waals surface area contributed by atoms with Gasteiger partial charge >= 0.3 is 6.36 Å². The molecule has 0 unspecified atom stereocenters. The molecule has 0 aliphatic heterocycles. The van der Waals surface area contributed by atoms with Crippen LogP contribution in [0.15, 0.2) is 48.7 Å². The summed E-state index contributed by atoms with van der Waals surface area (Å²) in [6.45, 7) is 5.57. The molecule has 0 spiro atoms. The molecule has 31 heavy (non-hydrogen) atoms. The number of hydrogen-bond acceptors (Lipinski definition) is 5. The van der Waals surface area contributed by atoms with Gasteiger partial charge in [0.15, 0.2) is 5.82 Å². The van der Waals surface area contributed by atoms with E-state index >= 15 is 0 Å². The number of nitrogens with zero attached hydrogens (tertiary/aromatic N) is 3. The third kappa shape index (κ3) is 6.46. The first-order chi connectivity index (χ1) is 14.6. The van der Waals surface area contributed by atoms with Crippen molar-refractivity contribution in [1.82, 2.24) is 20.1 Å². The molecule has 0 saturated heterocycles. The van der Waals surface area contributed by atoms with E-state index in [4.69, 9.17) is 0 Å². The molecule has 0 atom stereocenters. The van der Waals surface area contributed by atoms with E-state index in [1.54, 1.807) is 29.1 Å². The number of nitrogens with one attached hydrogen (secondary N) is 2. The van der Waals surface area contributed by atoms with Gasteiger partial charge in [-0.1, -0.05) is 6.07 Å². The predicted octanol–water partition coefficient (Wildman–Crippen LogP) is 4.29. The minimum Gasteiger partial charge on any atom is -0.406 e. The quantitative estimate of drug-likeness (QED) is 0.581. The molecule has 2 aromatic heterocycles. The number of aryl methyl sites for hydroxylation is 1. The summed E-state index contributed by atoms with van der Waals surface area (Å²) in [4.78, 5) is 16.5. The molecule has 0 radical (unpaired) electrons. The number of ether oxygens (including phenoxy) is 1. The molecule has 3 aromatic rings. The summed E-state index contributed by atoms with van der Waals surface area (Å²) in [5, 5.41) is 10.3. The lowest BCUT2D eigenvalue weighted by Crippen LogP contribution is -2.31. The van der Waals surface area contributed by atoms with Crippen molar-refractivity contribution in [2.45, 2.75) is 39.6 Å². The summed E-state index contributed by atoms with van der Waals surface area (Å²) < 4.78 is 43.0. The third-order valence-corrected chi connectivity index (χ3v) is 4.04. The van der Waals surface area contributed by atoms with E-state index in [-0.39, 0.29) is 24.1 Å². The molecule has 0 aliphatic rings. The summed E-state index contributed by atoms with van der Waals surface area (Å²) in [6.07, 6.45) is -3.07. The number of halogens is 3. The molecule has 2 heterocycles. The number of pyridine rings is 1. The van der Waals surface area contributed by atoms with Crippen LogP contribution in [0.5, 0.6) is 5.75 Å². The van der Waals surface area contributed by atoms with Crippen LogP contribution in [0.4, 0.5) is 24.7 Å². The van der Waals surface area contributed by atoms with Gasteiger partial charge in [-0.3, -0.25) is 9.78 Å². The van der Waals surface area contributed by atoms with Gasteiger partial charge in [0.05, 0.1) is 17.8 Å². The Hall–Kier alpha value is -3.56. The zero-order valence-corrected chi connectivity index (χ0v) is 17.2. The smallest absolute Gasteiger partial charge is 0.406 e. The molecule has 2 N–H and O–H groups in total. The number of aromatic nitrogens is 3. The monoisotopic (exact) mass is 433 g/mol. The van der Waals surface area contributed by atoms with Gasteiger partial charge in [-0.05, 0) is 45.0 Å². The third-order valence-electron chi connectivity index (χ3n) is 4.04. The first-order valence-electron chi connectivity index (χ1n) is 9.53. The van der Waals surface area contributed by atoms with Crippen molar-refractivity contribution < 1.29 is 22.7 Å². The molecule has 1 aromatic carbocycles. The topological polar surface area (TPSA) is 81.1 Å². The molecule has 3 rings (SSSR count). The fourth-order valence-corrected chi connectivity index (χ4v) is 2.95. The number of carbonyl (C=O) groups is 1. The largest absolute Gasteiger partial charge is 0.573 e. The van der Waals surface area contributed by atoms with Crippen molar-refractivity contribution in [3.8, 4) is 11.4 Å². The second-order valence-electron chi connectivity index (χ2n) is 7.19. The molecule has 0 bridgehead atoms. The van der Waals surface area contributed by atoms with E-state index in [0.717, 1.165) is 5.69 Å². The van der Waals surface area contributed by atoms with Gasteiger partial charge in [0.1, 0.15) is 5.75 Å². The summed E-state index contributed by atoms with van der Waals surface area (Å²) in [5.41, 5.74) is 2.45. The van der Waals surface area contributed by atoms with Crippen LogP contribution >= 0.6 is 0 Å². The fourth-order valence-electron chi connectivity index (χ4n) is 2.95. The van der Waals surface area contributed by atoms with E-state index in [1.807, 2.05) is 26.8 Å². The SMILES string of the molecule is Cc1cc(-n2nc(Nc3cccc(OC(F)(F)F)c3)cc2CC(=O)NC(C)C)ccn1. The van der Waals surface area contributed by atoms with E-state index in [2.05, 4.69) is 25.5 Å². The van der Waals surface area contributed by atoms with Crippen molar-refractivity contribution >= 4 is 17.4 Å². The molecule has 10 heteroatoms. The second-order valence-corrected chi connectivity index (χ2v) is 7.19. The Bertz CT molecular complexity index is 1060. The Labute approximate surface area is 177 Å². The number of hydrogen-bond donors (Lipinski definition) is 2. The molecule has 0 aliphatic carbocycles. The zero-order valence-electron chi connectivity index (χ0n) is 17.2. The highest BCUT2D eigenvalue weighted by molar-refractivity contribution is 5.79. The van der Waals surface area contributed by atoms with Gasteiger partial charge in [-0.25, -0.2) is 4.68 Å². The lowest BCUT2D eigenvalue weighted by atomic mass is 10.2. The van der Waals surface area contributed by atoms with E-state index in [9.17, 15) is 18.0 Å². The van der Waals surface area contributed by atoms with Crippen LogP contribution in [-0.2, 0) is 11.2 Å². The van der Waals surface area contributed by atoms with Crippen LogP contribution in [-0.4, -0.2) is 33.1 Å². The van der Waals surface area contributed by atoms with Crippen molar-refractivity contribution in [2.24, 2.45) is 0 Å². The van der Waals surface area contributed by atoms with Crippen LogP contribution in [0.3, 0.4) is 0 Å². The van der Waals surface area contributed by atoms with Crippen molar-refractivity contribution in [2.75, 3.05) is 5.32 Å². The van der Waals surface area contributed by atoms with Crippen LogP contribution in [0.1, 0.15) is 25.2 Å². The maximum atomic E-state index is 12.5. The fraction of sp³-hybridized carbons (Fsp3) is 0.286. The van der Waals surface area contributed by atoms with Crippen molar-refractivity contribution in [3.05, 3.63) is 60.0 Å². The molecular formula is C21H22F3N5O2. The van der Waals surface area contributed by atoms with Crippen molar-refractivity contribution in [1.29, 1.82) is 0 Å².